The van der Waals surface area contributed by atoms with Crippen LogP contribution in [0.3, 0.4) is 0 Å². The van der Waals surface area contributed by atoms with E-state index in [-0.39, 0.29) is 77.7 Å². The van der Waals surface area contributed by atoms with Gasteiger partial charge in [-0.25, -0.2) is 4.98 Å². The second-order valence-electron chi connectivity index (χ2n) is 20.3. The fourth-order valence-corrected chi connectivity index (χ4v) is 9.92. The maximum Gasteiger partial charge on any atom is 0.135 e. The van der Waals surface area contributed by atoms with E-state index >= 15 is 0 Å². The Morgan fingerprint density at radius 3 is 2.18 bits per heavy atom. The van der Waals surface area contributed by atoms with Crippen LogP contribution in [-0.2, 0) is 39.2 Å². The van der Waals surface area contributed by atoms with Gasteiger partial charge in [-0.1, -0.05) is 157 Å². The van der Waals surface area contributed by atoms with Gasteiger partial charge in [0.1, 0.15) is 16.8 Å². The molecule has 13 aromatic rings. The Balaban J connectivity index is 0.00000752. The molecule has 6 nitrogen and oxygen atoms in total. The van der Waals surface area contributed by atoms with E-state index < -0.39 is 43.0 Å². The second-order valence-corrected chi connectivity index (χ2v) is 20.3. The van der Waals surface area contributed by atoms with Gasteiger partial charge in [0.05, 0.1) is 5.48 Å². The number of aromatic nitrogens is 4. The number of benzene rings is 8. The van der Waals surface area contributed by atoms with Gasteiger partial charge in [-0.15, -0.1) is 29.1 Å². The Kier molecular flexibility index (Phi) is 9.76. The first-order valence-corrected chi connectivity index (χ1v) is 24.7. The predicted octanol–water partition coefficient (Wildman–Crippen LogP) is 18.0. The van der Waals surface area contributed by atoms with Gasteiger partial charge in [-0.3, -0.25) is 0 Å². The standard InChI is InChI=1S/C67H59N4O2.Pt/c1-42(2)30-45-33-48(37-49(34-45)67(6,7)8)58-36-46(31-43(3)4)35-57-47-24-26-51(27-25-47)73-64-23-14-10-19-56(64)59-40-68-65(32-44(59)5)71-60-20-11-9-18-54(60)55-29-28-53(39-63(55)71)72-52-17-15-16-50(38-52)69-41-70(66(57)58)62-22-13-12-21-61(62)69;/h9-29,32-37,40-43H,30-31H2,1-8H3;/q-3;/i5D3,9D,11D,18D,20D,30D2,31D2;. The minimum Gasteiger partial charge on any atom is -0.510 e. The van der Waals surface area contributed by atoms with Crippen LogP contribution >= 0.6 is 0 Å². The van der Waals surface area contributed by atoms with Crippen molar-refractivity contribution in [1.29, 1.82) is 0 Å². The molecule has 1 aliphatic rings. The van der Waals surface area contributed by atoms with E-state index in [1.165, 1.54) is 16.7 Å². The van der Waals surface area contributed by atoms with E-state index in [2.05, 4.69) is 43.5 Å². The van der Waals surface area contributed by atoms with Crippen LogP contribution in [0.5, 0.6) is 0 Å². The monoisotopic (exact) mass is 1160 g/mol. The number of rotatable bonds is 5. The van der Waals surface area contributed by atoms with Gasteiger partial charge in [0, 0.05) is 70.6 Å². The number of hydrogen-bond acceptors (Lipinski definition) is 3. The second kappa shape index (κ2) is 19.4. The molecule has 0 amide bonds. The molecule has 0 spiro atoms. The Bertz CT molecular complexity index is 4830. The van der Waals surface area contributed by atoms with Crippen LogP contribution in [0.2, 0.25) is 0 Å². The van der Waals surface area contributed by atoms with Crippen LogP contribution in [0.1, 0.15) is 85.8 Å². The van der Waals surface area contributed by atoms with Crippen molar-refractivity contribution in [2.75, 3.05) is 0 Å². The molecule has 0 atom stereocenters. The molecular weight excluding hydrogens is 1090 g/mol. The number of pyridine rings is 1. The van der Waals surface area contributed by atoms with Crippen molar-refractivity contribution < 1.29 is 45.0 Å². The quantitative estimate of drug-likeness (QED) is 0.161. The number of nitrogens with zero attached hydrogens (tertiary/aromatic N) is 4. The Hall–Kier alpha value is -7.53. The summed E-state index contributed by atoms with van der Waals surface area (Å²) in [6.07, 6.45) is -0.135. The Morgan fingerprint density at radius 1 is 0.676 bits per heavy atom. The molecule has 0 aliphatic carbocycles. The molecule has 0 N–H and O–H groups in total. The van der Waals surface area contributed by atoms with Crippen molar-refractivity contribution in [3.8, 4) is 22.5 Å². The van der Waals surface area contributed by atoms with E-state index in [4.69, 9.17) is 22.0 Å². The van der Waals surface area contributed by atoms with Gasteiger partial charge in [0.15, 0.2) is 0 Å². The van der Waals surface area contributed by atoms with E-state index in [0.717, 1.165) is 22.3 Å². The average Bonchev–Trinajstić information content (AvgIpc) is 1.80. The summed E-state index contributed by atoms with van der Waals surface area (Å²) in [5.41, 5.74) is 7.29. The van der Waals surface area contributed by atoms with Crippen molar-refractivity contribution >= 4 is 82.4 Å². The van der Waals surface area contributed by atoms with Crippen molar-refractivity contribution in [2.24, 2.45) is 11.8 Å². The third kappa shape index (κ3) is 9.04. The number of imidazole rings is 1. The maximum absolute atomic E-state index is 9.69. The molecule has 0 saturated carbocycles. The molecule has 0 radical (unpaired) electrons. The SMILES string of the molecule is [2H]c1c([2H])c([2H])c2c(c1[2H])c1ccc3[c-]c1n2c1cc(C([2H])([2H])[2H])c(cn1)c1ccccc1oc1ccc(cc1)c1cc(C([2H])([2H])C(C)C)cc(-c2cc(C(C)(C)C)cc(C([2H])([2H])C(C)C)c2)c1n1[cH-]n(c2[c-]c(ccc2)o3)-c2ccccc2-1.[Pt]. The molecule has 6 heterocycles. The normalized spacial score (nSPS) is 14.7. The summed E-state index contributed by atoms with van der Waals surface area (Å²) in [5.74, 6) is -0.815. The summed E-state index contributed by atoms with van der Waals surface area (Å²) < 4.78 is 120. The minimum atomic E-state index is -2.72. The fraction of sp³-hybridized carbons (Fsp3) is 0.194. The van der Waals surface area contributed by atoms with Crippen LogP contribution in [-0.4, -0.2) is 18.5 Å². The molecule has 7 heteroatoms. The van der Waals surface area contributed by atoms with E-state index in [1.807, 2.05) is 124 Å². The smallest absolute Gasteiger partial charge is 0.135 e. The van der Waals surface area contributed by atoms with Gasteiger partial charge < -0.3 is 22.4 Å². The largest absolute Gasteiger partial charge is 0.510 e. The first-order valence-electron chi connectivity index (χ1n) is 30.2. The van der Waals surface area contributed by atoms with Gasteiger partial charge in [0.25, 0.3) is 0 Å². The third-order valence-corrected chi connectivity index (χ3v) is 13.2. The van der Waals surface area contributed by atoms with E-state index in [0.29, 0.717) is 66.2 Å². The summed E-state index contributed by atoms with van der Waals surface area (Å²) in [4.78, 5) is 4.86. The molecule has 14 rings (SSSR count). The molecule has 0 saturated heterocycles. The van der Waals surface area contributed by atoms with Crippen molar-refractivity contribution in [3.63, 3.8) is 0 Å². The Morgan fingerprint density at radius 2 is 1.41 bits per heavy atom. The molecule has 10 bridgehead atoms. The van der Waals surface area contributed by atoms with Crippen LogP contribution in [0.25, 0.3) is 105 Å². The average molecular weight is 1160 g/mol. The van der Waals surface area contributed by atoms with E-state index in [1.54, 1.807) is 42.5 Å². The van der Waals surface area contributed by atoms with Crippen LogP contribution < -0.4 is 0 Å². The molecule has 0 unspecified atom stereocenters. The molecule has 74 heavy (non-hydrogen) atoms. The van der Waals surface area contributed by atoms with Gasteiger partial charge in [0.2, 0.25) is 0 Å². The number of para-hydroxylation sites is 4. The zero-order chi connectivity index (χ0) is 59.7. The zero-order valence-electron chi connectivity index (χ0n) is 53.0. The molecule has 8 aromatic carbocycles. The summed E-state index contributed by atoms with van der Waals surface area (Å²) >= 11 is 0. The first kappa shape index (κ1) is 37.2. The van der Waals surface area contributed by atoms with Crippen molar-refractivity contribution in [2.45, 2.75) is 73.5 Å². The molecule has 0 fully saturated rings. The molecular formula is C67H59N4O2Pt-3. The minimum absolute atomic E-state index is 0. The summed E-state index contributed by atoms with van der Waals surface area (Å²) in [6.45, 7) is 11.1. The summed E-state index contributed by atoms with van der Waals surface area (Å²) in [7, 11) is 0. The van der Waals surface area contributed by atoms with Crippen LogP contribution in [0, 0.1) is 30.8 Å². The first-order chi connectivity index (χ1) is 39.7. The van der Waals surface area contributed by atoms with Gasteiger partial charge >= 0.3 is 0 Å². The van der Waals surface area contributed by atoms with Crippen molar-refractivity contribution in [3.05, 3.63) is 211 Å². The molecule has 1 aliphatic heterocycles. The molecule has 5 aromatic heterocycles. The number of aryl methyl sites for hydroxylation is 1. The van der Waals surface area contributed by atoms with E-state index in [9.17, 15) is 6.85 Å². The van der Waals surface area contributed by atoms with Crippen LogP contribution in [0.4, 0.5) is 0 Å². The Labute approximate surface area is 462 Å². The molecule has 372 valence electrons. The van der Waals surface area contributed by atoms with Crippen LogP contribution in [0.15, 0.2) is 185 Å². The maximum atomic E-state index is 9.69. The predicted molar refractivity (Wildman–Crippen MR) is 304 cm³/mol. The zero-order valence-corrected chi connectivity index (χ0v) is 44.3. The summed E-state index contributed by atoms with van der Waals surface area (Å²) in [6, 6.07) is 47.9. The third-order valence-electron chi connectivity index (χ3n) is 13.2. The van der Waals surface area contributed by atoms with Gasteiger partial charge in [-0.05, 0) is 134 Å². The topological polar surface area (TPSA) is 53.4 Å². The fourth-order valence-electron chi connectivity index (χ4n) is 9.92. The summed E-state index contributed by atoms with van der Waals surface area (Å²) in [5, 5.41) is 2.68. The van der Waals surface area contributed by atoms with Crippen molar-refractivity contribution in [1.82, 2.24) is 18.5 Å². The number of fused-ring (bicyclic) bond motifs is 5. The number of hydrogen-bond donors (Lipinski definition) is 0. The van der Waals surface area contributed by atoms with Gasteiger partial charge in [-0.2, -0.15) is 24.3 Å².